The highest BCUT2D eigenvalue weighted by Gasteiger charge is 2.07. The molecule has 1 aromatic carbocycles. The number of ether oxygens (including phenoxy) is 1. The molecule has 15 heavy (non-hydrogen) atoms. The lowest BCUT2D eigenvalue weighted by Crippen LogP contribution is -2.27. The second kappa shape index (κ2) is 5.82. The Hall–Kier alpha value is -0.940. The van der Waals surface area contributed by atoms with E-state index in [1.807, 2.05) is 0 Å². The van der Waals surface area contributed by atoms with Crippen LogP contribution in [0.25, 0.3) is 0 Å². The van der Waals surface area contributed by atoms with E-state index in [1.54, 1.807) is 13.2 Å². The molecule has 0 aromatic heterocycles. The molecule has 0 unspecified atom stereocenters. The largest absolute Gasteiger partial charge is 0.383 e. The van der Waals surface area contributed by atoms with Crippen molar-refractivity contribution in [3.63, 3.8) is 0 Å². The van der Waals surface area contributed by atoms with E-state index in [0.29, 0.717) is 17.6 Å². The first kappa shape index (κ1) is 12.1. The number of carbonyl (C=O) groups excluding carboxylic acids is 1. The van der Waals surface area contributed by atoms with Gasteiger partial charge in [-0.15, -0.1) is 0 Å². The van der Waals surface area contributed by atoms with E-state index in [-0.39, 0.29) is 11.5 Å². The van der Waals surface area contributed by atoms with E-state index in [9.17, 15) is 9.18 Å². The summed E-state index contributed by atoms with van der Waals surface area (Å²) < 4.78 is 18.3. The van der Waals surface area contributed by atoms with Gasteiger partial charge in [0.15, 0.2) is 0 Å². The van der Waals surface area contributed by atoms with Gasteiger partial charge in [0.2, 0.25) is 0 Å². The van der Waals surface area contributed by atoms with Crippen molar-refractivity contribution in [2.45, 2.75) is 0 Å². The SMILES string of the molecule is COCCNC(=O)c1cc(F)cc(Br)c1. The highest BCUT2D eigenvalue weighted by atomic mass is 79.9. The molecule has 1 aromatic rings. The Kier molecular flexibility index (Phi) is 4.71. The molecular formula is C10H11BrFNO2. The number of halogens is 2. The average molecular weight is 276 g/mol. The topological polar surface area (TPSA) is 38.3 Å². The number of methoxy groups -OCH3 is 1. The molecule has 0 fully saturated rings. The zero-order chi connectivity index (χ0) is 11.3. The Morgan fingerprint density at radius 3 is 2.87 bits per heavy atom. The van der Waals surface area contributed by atoms with Crippen molar-refractivity contribution in [2.75, 3.05) is 20.3 Å². The molecular weight excluding hydrogens is 265 g/mol. The zero-order valence-corrected chi connectivity index (χ0v) is 9.80. The van der Waals surface area contributed by atoms with Crippen molar-refractivity contribution in [1.29, 1.82) is 0 Å². The molecule has 1 rings (SSSR count). The van der Waals surface area contributed by atoms with Crippen LogP contribution >= 0.6 is 15.9 Å². The first-order valence-electron chi connectivity index (χ1n) is 4.36. The highest BCUT2D eigenvalue weighted by molar-refractivity contribution is 9.10. The van der Waals surface area contributed by atoms with Gasteiger partial charge < -0.3 is 10.1 Å². The van der Waals surface area contributed by atoms with Crippen molar-refractivity contribution in [3.05, 3.63) is 34.1 Å². The quantitative estimate of drug-likeness (QED) is 0.854. The van der Waals surface area contributed by atoms with Crippen molar-refractivity contribution in [3.8, 4) is 0 Å². The minimum Gasteiger partial charge on any atom is -0.383 e. The van der Waals surface area contributed by atoms with Gasteiger partial charge in [0.05, 0.1) is 6.61 Å². The summed E-state index contributed by atoms with van der Waals surface area (Å²) in [6, 6.07) is 4.05. The Labute approximate surface area is 95.7 Å². The molecule has 0 bridgehead atoms. The predicted molar refractivity (Wildman–Crippen MR) is 58.3 cm³/mol. The van der Waals surface area contributed by atoms with Gasteiger partial charge in [-0.3, -0.25) is 4.79 Å². The van der Waals surface area contributed by atoms with Crippen LogP contribution in [0.1, 0.15) is 10.4 Å². The smallest absolute Gasteiger partial charge is 0.251 e. The fourth-order valence-electron chi connectivity index (χ4n) is 1.05. The molecule has 0 spiro atoms. The maximum absolute atomic E-state index is 12.9. The van der Waals surface area contributed by atoms with Crippen molar-refractivity contribution in [1.82, 2.24) is 5.32 Å². The van der Waals surface area contributed by atoms with Crippen LogP contribution in [-0.2, 0) is 4.74 Å². The third-order valence-corrected chi connectivity index (χ3v) is 2.17. The molecule has 0 saturated carbocycles. The summed E-state index contributed by atoms with van der Waals surface area (Å²) in [6.07, 6.45) is 0. The lowest BCUT2D eigenvalue weighted by atomic mass is 10.2. The molecule has 0 saturated heterocycles. The van der Waals surface area contributed by atoms with Crippen LogP contribution < -0.4 is 5.32 Å². The molecule has 0 radical (unpaired) electrons. The van der Waals surface area contributed by atoms with Gasteiger partial charge >= 0.3 is 0 Å². The van der Waals surface area contributed by atoms with Gasteiger partial charge in [-0.2, -0.15) is 0 Å². The first-order valence-corrected chi connectivity index (χ1v) is 5.16. The van der Waals surface area contributed by atoms with Gasteiger partial charge in [-0.1, -0.05) is 15.9 Å². The Morgan fingerprint density at radius 1 is 1.53 bits per heavy atom. The van der Waals surface area contributed by atoms with Crippen LogP contribution in [0.15, 0.2) is 22.7 Å². The minimum absolute atomic E-state index is 0.290. The summed E-state index contributed by atoms with van der Waals surface area (Å²) in [6.45, 7) is 0.839. The zero-order valence-electron chi connectivity index (χ0n) is 8.22. The second-order valence-electron chi connectivity index (χ2n) is 2.91. The molecule has 1 N–H and O–H groups in total. The number of benzene rings is 1. The molecule has 0 aliphatic carbocycles. The van der Waals surface area contributed by atoms with E-state index < -0.39 is 5.82 Å². The van der Waals surface area contributed by atoms with E-state index in [2.05, 4.69) is 21.2 Å². The fraction of sp³-hybridized carbons (Fsp3) is 0.300. The average Bonchev–Trinajstić information content (AvgIpc) is 2.16. The first-order chi connectivity index (χ1) is 7.13. The van der Waals surface area contributed by atoms with Crippen LogP contribution in [-0.4, -0.2) is 26.2 Å². The van der Waals surface area contributed by atoms with Crippen molar-refractivity contribution in [2.24, 2.45) is 0 Å². The van der Waals surface area contributed by atoms with E-state index >= 15 is 0 Å². The van der Waals surface area contributed by atoms with E-state index in [1.165, 1.54) is 12.1 Å². The number of carbonyl (C=O) groups is 1. The summed E-state index contributed by atoms with van der Waals surface area (Å²) >= 11 is 3.12. The minimum atomic E-state index is -0.443. The summed E-state index contributed by atoms with van der Waals surface area (Å²) in [5, 5.41) is 2.60. The van der Waals surface area contributed by atoms with Crippen molar-refractivity contribution < 1.29 is 13.9 Å². The monoisotopic (exact) mass is 275 g/mol. The fourth-order valence-corrected chi connectivity index (χ4v) is 1.52. The standard InChI is InChI=1S/C10H11BrFNO2/c1-15-3-2-13-10(14)7-4-8(11)6-9(12)5-7/h4-6H,2-3H2,1H3,(H,13,14). The number of nitrogens with one attached hydrogen (secondary N) is 1. The summed E-state index contributed by atoms with van der Waals surface area (Å²) in [4.78, 5) is 11.5. The number of hydrogen-bond donors (Lipinski definition) is 1. The third kappa shape index (κ3) is 3.97. The number of rotatable bonds is 4. The maximum Gasteiger partial charge on any atom is 0.251 e. The van der Waals surface area contributed by atoms with Crippen LogP contribution in [0.4, 0.5) is 4.39 Å². The number of hydrogen-bond acceptors (Lipinski definition) is 2. The molecule has 0 aliphatic rings. The van der Waals surface area contributed by atoms with Crippen LogP contribution in [0.3, 0.4) is 0 Å². The van der Waals surface area contributed by atoms with E-state index in [0.717, 1.165) is 0 Å². The van der Waals surface area contributed by atoms with Gasteiger partial charge in [-0.25, -0.2) is 4.39 Å². The molecule has 0 aliphatic heterocycles. The molecule has 1 amide bonds. The second-order valence-corrected chi connectivity index (χ2v) is 3.82. The number of amides is 1. The molecule has 82 valence electrons. The lowest BCUT2D eigenvalue weighted by Gasteiger charge is -2.04. The summed E-state index contributed by atoms with van der Waals surface area (Å²) in [7, 11) is 1.55. The molecule has 0 atom stereocenters. The third-order valence-electron chi connectivity index (χ3n) is 1.72. The highest BCUT2D eigenvalue weighted by Crippen LogP contribution is 2.14. The van der Waals surface area contributed by atoms with Crippen molar-refractivity contribution >= 4 is 21.8 Å². The lowest BCUT2D eigenvalue weighted by molar-refractivity contribution is 0.0936. The Morgan fingerprint density at radius 2 is 2.27 bits per heavy atom. The summed E-state index contributed by atoms with van der Waals surface area (Å²) in [5.41, 5.74) is 0.290. The van der Waals surface area contributed by atoms with Gasteiger partial charge in [0.1, 0.15) is 5.82 Å². The van der Waals surface area contributed by atoms with E-state index in [4.69, 9.17) is 4.74 Å². The molecule has 0 heterocycles. The molecule has 3 nitrogen and oxygen atoms in total. The summed E-state index contributed by atoms with van der Waals surface area (Å²) in [5.74, 6) is -0.756. The predicted octanol–water partition coefficient (Wildman–Crippen LogP) is 1.96. The van der Waals surface area contributed by atoms with Crippen LogP contribution in [0.5, 0.6) is 0 Å². The normalized spacial score (nSPS) is 10.1. The van der Waals surface area contributed by atoms with Gasteiger partial charge in [0.25, 0.3) is 5.91 Å². The van der Waals surface area contributed by atoms with Gasteiger partial charge in [-0.05, 0) is 18.2 Å². The Balaban J connectivity index is 2.65. The van der Waals surface area contributed by atoms with Gasteiger partial charge in [0, 0.05) is 23.7 Å². The van der Waals surface area contributed by atoms with Crippen LogP contribution in [0, 0.1) is 5.82 Å². The molecule has 5 heteroatoms. The van der Waals surface area contributed by atoms with Crippen LogP contribution in [0.2, 0.25) is 0 Å². The maximum atomic E-state index is 12.9. The Bertz CT molecular complexity index is 337.